The maximum Gasteiger partial charge on any atom is 0.264 e. The molecule has 0 saturated heterocycles. The van der Waals surface area contributed by atoms with Crippen molar-refractivity contribution in [3.05, 3.63) is 323 Å². The highest BCUT2D eigenvalue weighted by Gasteiger charge is 2.12. The van der Waals surface area contributed by atoms with E-state index < -0.39 is 0 Å². The van der Waals surface area contributed by atoms with Crippen LogP contribution in [0.5, 0.6) is 0 Å². The number of H-pyrrole nitrogens is 1. The van der Waals surface area contributed by atoms with Crippen molar-refractivity contribution in [3.8, 4) is 0 Å². The third-order valence-electron chi connectivity index (χ3n) is 16.1. The first kappa shape index (κ1) is 79.1. The number of fused-ring (bicyclic) bond motifs is 1. The minimum atomic E-state index is 0.388. The molecule has 0 aliphatic carbocycles. The number of rotatable bonds is 23. The SMILES string of the molecule is CN(C)c1ccc(N=Nc2nccs2)cc1.Cc1ccc2nc(N=Nc3ccc(N(C)C)cc3)sc2c1.Cc1csc(N=Nc2ccc(N(C)C)cc2)n1.Cc1nnc(N=Nc2ccc(N(Cc3ccccc3)Cc3ccccc3)cc2)s1.c1ccc(CN(Cc2ccccc2)c2ccc(N=Nc3ncn[nH]3)cc2)cc1. The summed E-state index contributed by atoms with van der Waals surface area (Å²) in [6.07, 6.45) is 3.12. The molecule has 10 aromatic carbocycles. The van der Waals surface area contributed by atoms with E-state index >= 15 is 0 Å². The zero-order chi connectivity index (χ0) is 77.4. The minimum Gasteiger partial charge on any atom is -0.378 e. The van der Waals surface area contributed by atoms with Crippen molar-refractivity contribution < 1.29 is 0 Å². The van der Waals surface area contributed by atoms with Crippen molar-refractivity contribution in [2.75, 3.05) is 66.8 Å². The van der Waals surface area contributed by atoms with Crippen molar-refractivity contribution >= 4 is 139 Å². The van der Waals surface area contributed by atoms with E-state index in [1.54, 1.807) is 17.5 Å². The van der Waals surface area contributed by atoms with Gasteiger partial charge < -0.3 is 24.5 Å². The van der Waals surface area contributed by atoms with Gasteiger partial charge in [-0.2, -0.15) is 10.1 Å². The Balaban J connectivity index is 0.000000140. The van der Waals surface area contributed by atoms with E-state index in [0.717, 1.165) is 104 Å². The molecular formula is C84H83N23S4. The number of thiazole rings is 3. The Bertz CT molecular complexity index is 5270. The quantitative estimate of drug-likeness (QED) is 0.0588. The Labute approximate surface area is 662 Å². The zero-order valence-corrected chi connectivity index (χ0v) is 66.2. The van der Waals surface area contributed by atoms with E-state index in [9.17, 15) is 0 Å². The summed E-state index contributed by atoms with van der Waals surface area (Å²) in [7, 11) is 12.1. The van der Waals surface area contributed by atoms with E-state index in [2.05, 4.69) is 247 Å². The lowest BCUT2D eigenvalue weighted by atomic mass is 10.1. The summed E-state index contributed by atoms with van der Waals surface area (Å²) in [5.41, 5.74) is 18.0. The number of azo groups is 5. The van der Waals surface area contributed by atoms with Crippen molar-refractivity contribution in [1.82, 2.24) is 40.3 Å². The average molecular weight is 1540 g/mol. The van der Waals surface area contributed by atoms with Gasteiger partial charge in [-0.05, 0) is 182 Å². The molecule has 5 aromatic heterocycles. The third kappa shape index (κ3) is 26.2. The molecule has 27 heteroatoms. The highest BCUT2D eigenvalue weighted by atomic mass is 32.1. The largest absolute Gasteiger partial charge is 0.378 e. The van der Waals surface area contributed by atoms with Crippen molar-refractivity contribution in [3.63, 3.8) is 0 Å². The molecule has 558 valence electrons. The molecule has 0 amide bonds. The molecule has 23 nitrogen and oxygen atoms in total. The number of anilines is 5. The second-order valence-corrected chi connectivity index (χ2v) is 29.3. The summed E-state index contributed by atoms with van der Waals surface area (Å²) in [5, 5.41) is 63.2. The van der Waals surface area contributed by atoms with Gasteiger partial charge in [0, 0.05) is 114 Å². The fourth-order valence-corrected chi connectivity index (χ4v) is 12.9. The summed E-state index contributed by atoms with van der Waals surface area (Å²) >= 11 is 5.95. The van der Waals surface area contributed by atoms with E-state index in [1.807, 2.05) is 204 Å². The number of hydrogen-bond donors (Lipinski definition) is 1. The third-order valence-corrected chi connectivity index (χ3v) is 19.3. The number of aromatic amines is 1. The number of aryl methyl sites for hydroxylation is 3. The Morgan fingerprint density at radius 2 is 0.748 bits per heavy atom. The van der Waals surface area contributed by atoms with Crippen LogP contribution in [0.2, 0.25) is 0 Å². The lowest BCUT2D eigenvalue weighted by molar-refractivity contribution is 0.800. The van der Waals surface area contributed by atoms with Gasteiger partial charge in [0.2, 0.25) is 15.4 Å². The van der Waals surface area contributed by atoms with Crippen LogP contribution >= 0.6 is 45.3 Å². The normalized spacial score (nSPS) is 11.1. The Morgan fingerprint density at radius 3 is 1.11 bits per heavy atom. The van der Waals surface area contributed by atoms with Crippen LogP contribution in [-0.4, -0.2) is 82.6 Å². The summed E-state index contributed by atoms with van der Waals surface area (Å²) < 4.78 is 1.15. The molecule has 0 aliphatic heterocycles. The minimum absolute atomic E-state index is 0.388. The highest BCUT2D eigenvalue weighted by Crippen LogP contribution is 2.33. The molecule has 0 atom stereocenters. The molecule has 0 spiro atoms. The monoisotopic (exact) mass is 1540 g/mol. The highest BCUT2D eigenvalue weighted by molar-refractivity contribution is 7.22. The van der Waals surface area contributed by atoms with Crippen molar-refractivity contribution in [1.29, 1.82) is 0 Å². The molecule has 0 radical (unpaired) electrons. The maximum atomic E-state index is 4.46. The van der Waals surface area contributed by atoms with E-state index in [0.29, 0.717) is 26.5 Å². The van der Waals surface area contributed by atoms with Crippen LogP contribution in [0.4, 0.5) is 83.3 Å². The molecule has 0 saturated carbocycles. The van der Waals surface area contributed by atoms with E-state index in [1.165, 1.54) is 68.2 Å². The molecule has 1 N–H and O–H groups in total. The lowest BCUT2D eigenvalue weighted by Crippen LogP contribution is -2.21. The second-order valence-electron chi connectivity index (χ2n) is 25.4. The fourth-order valence-electron chi connectivity index (χ4n) is 10.4. The second kappa shape index (κ2) is 41.4. The number of aromatic nitrogens is 8. The van der Waals surface area contributed by atoms with Crippen LogP contribution in [0.25, 0.3) is 10.2 Å². The van der Waals surface area contributed by atoms with Crippen LogP contribution < -0.4 is 24.5 Å². The molecule has 0 fully saturated rings. The molecule has 0 aliphatic rings. The van der Waals surface area contributed by atoms with Gasteiger partial charge in [-0.1, -0.05) is 150 Å². The summed E-state index contributed by atoms with van der Waals surface area (Å²) in [5.74, 6) is 0.388. The van der Waals surface area contributed by atoms with Crippen LogP contribution in [-0.2, 0) is 26.2 Å². The lowest BCUT2D eigenvalue weighted by Gasteiger charge is -2.25. The molecule has 5 heterocycles. The van der Waals surface area contributed by atoms with Gasteiger partial charge in [0.25, 0.3) is 11.1 Å². The summed E-state index contributed by atoms with van der Waals surface area (Å²) in [6, 6.07) is 88.2. The molecule has 111 heavy (non-hydrogen) atoms. The average Bonchev–Trinajstić information content (AvgIpc) is 0.926. The predicted molar refractivity (Wildman–Crippen MR) is 456 cm³/mol. The number of nitrogens with zero attached hydrogens (tertiary/aromatic N) is 22. The van der Waals surface area contributed by atoms with Gasteiger partial charge in [0.15, 0.2) is 0 Å². The first-order valence-corrected chi connectivity index (χ1v) is 38.7. The molecule has 0 unspecified atom stereocenters. The predicted octanol–water partition coefficient (Wildman–Crippen LogP) is 24.5. The van der Waals surface area contributed by atoms with Gasteiger partial charge in [0.1, 0.15) is 11.3 Å². The zero-order valence-electron chi connectivity index (χ0n) is 62.9. The Kier molecular flexibility index (Phi) is 29.5. The van der Waals surface area contributed by atoms with Crippen molar-refractivity contribution in [2.24, 2.45) is 51.1 Å². The van der Waals surface area contributed by atoms with Gasteiger partial charge in [-0.3, -0.25) is 0 Å². The first-order valence-electron chi connectivity index (χ1n) is 35.3. The number of nitrogens with one attached hydrogen (secondary N) is 1. The molecule has 0 bridgehead atoms. The first-order chi connectivity index (χ1) is 54.1. The van der Waals surface area contributed by atoms with Crippen LogP contribution in [0.1, 0.15) is 38.5 Å². The van der Waals surface area contributed by atoms with Gasteiger partial charge in [-0.15, -0.1) is 84.0 Å². The van der Waals surface area contributed by atoms with Crippen LogP contribution in [0.3, 0.4) is 0 Å². The summed E-state index contributed by atoms with van der Waals surface area (Å²) in [4.78, 5) is 27.5. The molecule has 15 aromatic rings. The molecule has 15 rings (SSSR count). The standard InChI is InChI=1S/C23H21N5S.C22H20N6.C16H16N4S.C12H14N4S.C11H12N4S/c1-18-24-26-23(29-18)27-25-21-12-14-22(15-13-21)28(16-19-8-4-2-5-9-19)17-20-10-6-3-7-11-20;1-3-7-18(8-4-1)15-28(16-19-9-5-2-6-10-19)21-13-11-20(12-14-21)25-27-22-23-17-24-26-22;1-11-4-9-14-15(10-11)21-16(17-14)19-18-12-5-7-13(8-6-12)20(2)3;1-9-8-17-12(13-9)15-14-10-4-6-11(7-5-10)16(2)3;1-15(2)10-5-3-9(4-6-10)13-14-11-12-7-8-16-11/h2-15H,16-17H2,1H3;1-14,17H,15-16H2,(H,23,24,26);4-10H,1-3H3;4-8H,1-3H3;3-8H,1-2H3. The number of hydrogen-bond acceptors (Lipinski definition) is 26. The van der Waals surface area contributed by atoms with Crippen LogP contribution in [0.15, 0.2) is 335 Å². The molecular weight excluding hydrogens is 1460 g/mol. The smallest absolute Gasteiger partial charge is 0.264 e. The Morgan fingerprint density at radius 1 is 0.351 bits per heavy atom. The van der Waals surface area contributed by atoms with Crippen LogP contribution in [0, 0.1) is 20.8 Å². The Hall–Kier alpha value is -13.0. The van der Waals surface area contributed by atoms with E-state index in [4.69, 9.17) is 0 Å². The van der Waals surface area contributed by atoms with E-state index in [-0.39, 0.29) is 0 Å². The fraction of sp³-hybridized carbons (Fsp3) is 0.155. The van der Waals surface area contributed by atoms with Gasteiger partial charge in [-0.25, -0.2) is 20.1 Å². The maximum absolute atomic E-state index is 4.46. The van der Waals surface area contributed by atoms with Crippen molar-refractivity contribution in [2.45, 2.75) is 47.0 Å². The van der Waals surface area contributed by atoms with Gasteiger partial charge >= 0.3 is 0 Å². The number of benzene rings is 10. The van der Waals surface area contributed by atoms with Gasteiger partial charge in [0.05, 0.1) is 44.3 Å². The topological polar surface area (TPSA) is 246 Å². The summed E-state index contributed by atoms with van der Waals surface area (Å²) in [6.45, 7) is 9.25.